The lowest BCUT2D eigenvalue weighted by atomic mass is 9.81. The minimum absolute atomic E-state index is 1.07. The fourth-order valence-corrected chi connectivity index (χ4v) is 3.77. The maximum atomic E-state index is 2.37. The molecule has 2 rings (SSSR count). The van der Waals surface area contributed by atoms with Gasteiger partial charge in [0.1, 0.15) is 0 Å². The molecule has 0 aromatic carbocycles. The minimum atomic E-state index is 1.07. The van der Waals surface area contributed by atoms with E-state index in [2.05, 4.69) is 13.0 Å². The highest BCUT2D eigenvalue weighted by atomic mass is 14.3. The zero-order valence-electron chi connectivity index (χ0n) is 11.0. The van der Waals surface area contributed by atoms with Crippen molar-refractivity contribution in [1.82, 2.24) is 0 Å². The highest BCUT2D eigenvalue weighted by Gasteiger charge is 2.24. The molecule has 0 heteroatoms. The molecule has 0 aromatic rings. The van der Waals surface area contributed by atoms with E-state index in [1.54, 1.807) is 5.57 Å². The Balaban J connectivity index is 1.88. The number of allylic oxidation sites excluding steroid dienone is 2. The molecule has 0 amide bonds. The zero-order valence-corrected chi connectivity index (χ0v) is 11.0. The minimum Gasteiger partial charge on any atom is -0.0885 e. The van der Waals surface area contributed by atoms with Gasteiger partial charge in [-0.2, -0.15) is 0 Å². The van der Waals surface area contributed by atoms with Crippen LogP contribution in [0.15, 0.2) is 11.6 Å². The van der Waals surface area contributed by atoms with Crippen molar-refractivity contribution >= 4 is 0 Å². The Labute approximate surface area is 102 Å². The predicted molar refractivity (Wildman–Crippen MR) is 71.5 cm³/mol. The summed E-state index contributed by atoms with van der Waals surface area (Å²) in [7, 11) is 0. The van der Waals surface area contributed by atoms with Crippen molar-refractivity contribution in [2.45, 2.75) is 77.6 Å². The molecule has 0 aromatic heterocycles. The average Bonchev–Trinajstić information content (AvgIpc) is 2.71. The fourth-order valence-electron chi connectivity index (χ4n) is 3.77. The first-order chi connectivity index (χ1) is 7.90. The van der Waals surface area contributed by atoms with Crippen molar-refractivity contribution in [3.8, 4) is 0 Å². The zero-order chi connectivity index (χ0) is 11.2. The van der Waals surface area contributed by atoms with Crippen molar-refractivity contribution < 1.29 is 0 Å². The molecule has 2 fully saturated rings. The van der Waals surface area contributed by atoms with Gasteiger partial charge in [-0.25, -0.2) is 0 Å². The molecule has 0 heterocycles. The lowest BCUT2D eigenvalue weighted by Gasteiger charge is -2.24. The summed E-state index contributed by atoms with van der Waals surface area (Å²) in [6, 6.07) is 0. The maximum Gasteiger partial charge on any atom is -0.0318 e. The average molecular weight is 220 g/mol. The van der Waals surface area contributed by atoms with Crippen LogP contribution in [0.4, 0.5) is 0 Å². The molecule has 1 unspecified atom stereocenters. The van der Waals surface area contributed by atoms with E-state index in [-0.39, 0.29) is 0 Å². The first-order valence-corrected chi connectivity index (χ1v) is 7.54. The van der Waals surface area contributed by atoms with E-state index in [0.717, 1.165) is 11.8 Å². The lowest BCUT2D eigenvalue weighted by molar-refractivity contribution is 0.270. The summed E-state index contributed by atoms with van der Waals surface area (Å²) >= 11 is 0. The Morgan fingerprint density at radius 3 is 2.06 bits per heavy atom. The molecule has 2 aliphatic carbocycles. The van der Waals surface area contributed by atoms with E-state index in [1.807, 2.05) is 0 Å². The SMILES string of the molecule is CC=C1CCCC(C2CCCCCC2)CC1. The maximum absolute atomic E-state index is 2.37. The van der Waals surface area contributed by atoms with E-state index in [4.69, 9.17) is 0 Å². The van der Waals surface area contributed by atoms with Crippen molar-refractivity contribution in [2.75, 3.05) is 0 Å². The molecule has 0 N–H and O–H groups in total. The van der Waals surface area contributed by atoms with Gasteiger partial charge in [0, 0.05) is 0 Å². The predicted octanol–water partition coefficient (Wildman–Crippen LogP) is 5.48. The van der Waals surface area contributed by atoms with E-state index < -0.39 is 0 Å². The van der Waals surface area contributed by atoms with Crippen LogP contribution in [0.2, 0.25) is 0 Å². The second kappa shape index (κ2) is 6.47. The van der Waals surface area contributed by atoms with Gasteiger partial charge in [0.2, 0.25) is 0 Å². The van der Waals surface area contributed by atoms with Crippen LogP contribution in [-0.4, -0.2) is 0 Å². The van der Waals surface area contributed by atoms with Gasteiger partial charge in [-0.3, -0.25) is 0 Å². The highest BCUT2D eigenvalue weighted by molar-refractivity contribution is 5.02. The standard InChI is InChI=1S/C16H28/c1-2-14-8-7-11-16(13-12-14)15-9-5-3-4-6-10-15/h2,15-16H,3-13H2,1H3. The van der Waals surface area contributed by atoms with E-state index >= 15 is 0 Å². The summed E-state index contributed by atoms with van der Waals surface area (Å²) in [6.45, 7) is 2.22. The third-order valence-electron chi connectivity index (χ3n) is 4.88. The summed E-state index contributed by atoms with van der Waals surface area (Å²) < 4.78 is 0. The molecule has 0 radical (unpaired) electrons. The first kappa shape index (κ1) is 12.2. The van der Waals surface area contributed by atoms with Crippen LogP contribution in [0.3, 0.4) is 0 Å². The topological polar surface area (TPSA) is 0 Å². The van der Waals surface area contributed by atoms with Gasteiger partial charge in [0.05, 0.1) is 0 Å². The van der Waals surface area contributed by atoms with Crippen molar-refractivity contribution in [1.29, 1.82) is 0 Å². The van der Waals surface area contributed by atoms with Crippen LogP contribution in [0.25, 0.3) is 0 Å². The number of hydrogen-bond donors (Lipinski definition) is 0. The van der Waals surface area contributed by atoms with Crippen LogP contribution in [-0.2, 0) is 0 Å². The summed E-state index contributed by atoms with van der Waals surface area (Å²) in [5, 5.41) is 0. The molecule has 16 heavy (non-hydrogen) atoms. The summed E-state index contributed by atoms with van der Waals surface area (Å²) in [4.78, 5) is 0. The Kier molecular flexibility index (Phi) is 4.93. The van der Waals surface area contributed by atoms with E-state index in [1.165, 1.54) is 70.6 Å². The fraction of sp³-hybridized carbons (Fsp3) is 0.875. The van der Waals surface area contributed by atoms with Crippen molar-refractivity contribution in [2.24, 2.45) is 11.8 Å². The van der Waals surface area contributed by atoms with Gasteiger partial charge in [-0.05, 0) is 50.9 Å². The molecule has 0 aliphatic heterocycles. The molecule has 1 atom stereocenters. The number of rotatable bonds is 1. The molecule has 2 saturated carbocycles. The molecule has 0 spiro atoms. The Bertz CT molecular complexity index is 218. The third-order valence-corrected chi connectivity index (χ3v) is 4.88. The summed E-state index contributed by atoms with van der Waals surface area (Å²) in [5.41, 5.74) is 1.73. The monoisotopic (exact) mass is 220 g/mol. The van der Waals surface area contributed by atoms with Gasteiger partial charge in [-0.1, -0.05) is 50.2 Å². The van der Waals surface area contributed by atoms with Crippen LogP contribution >= 0.6 is 0 Å². The van der Waals surface area contributed by atoms with Crippen LogP contribution in [0.5, 0.6) is 0 Å². The number of hydrogen-bond acceptors (Lipinski definition) is 0. The molecule has 0 nitrogen and oxygen atoms in total. The highest BCUT2D eigenvalue weighted by Crippen LogP contribution is 2.37. The second-order valence-electron chi connectivity index (χ2n) is 5.89. The first-order valence-electron chi connectivity index (χ1n) is 7.54. The van der Waals surface area contributed by atoms with Crippen molar-refractivity contribution in [3.05, 3.63) is 11.6 Å². The molecule has 0 saturated heterocycles. The smallest absolute Gasteiger partial charge is 0.0318 e. The lowest BCUT2D eigenvalue weighted by Crippen LogP contribution is -2.13. The van der Waals surface area contributed by atoms with Gasteiger partial charge >= 0.3 is 0 Å². The van der Waals surface area contributed by atoms with Crippen LogP contribution < -0.4 is 0 Å². The molecule has 0 bridgehead atoms. The van der Waals surface area contributed by atoms with Crippen molar-refractivity contribution in [3.63, 3.8) is 0 Å². The van der Waals surface area contributed by atoms with Crippen LogP contribution in [0, 0.1) is 11.8 Å². The third kappa shape index (κ3) is 3.37. The molecular weight excluding hydrogens is 192 g/mol. The Hall–Kier alpha value is -0.260. The summed E-state index contributed by atoms with van der Waals surface area (Å²) in [5.74, 6) is 2.15. The molecule has 92 valence electrons. The molecular formula is C16H28. The van der Waals surface area contributed by atoms with Gasteiger partial charge < -0.3 is 0 Å². The normalized spacial score (nSPS) is 32.3. The van der Waals surface area contributed by atoms with Crippen LogP contribution in [0.1, 0.15) is 77.6 Å². The molecule has 2 aliphatic rings. The summed E-state index contributed by atoms with van der Waals surface area (Å²) in [6.07, 6.45) is 18.7. The Morgan fingerprint density at radius 1 is 0.750 bits per heavy atom. The van der Waals surface area contributed by atoms with Gasteiger partial charge in [-0.15, -0.1) is 0 Å². The van der Waals surface area contributed by atoms with Gasteiger partial charge in [0.15, 0.2) is 0 Å². The van der Waals surface area contributed by atoms with Gasteiger partial charge in [0.25, 0.3) is 0 Å². The second-order valence-corrected chi connectivity index (χ2v) is 5.89. The van der Waals surface area contributed by atoms with E-state index in [0.29, 0.717) is 0 Å². The Morgan fingerprint density at radius 2 is 1.38 bits per heavy atom. The van der Waals surface area contributed by atoms with E-state index in [9.17, 15) is 0 Å². The quantitative estimate of drug-likeness (QED) is 0.405. The largest absolute Gasteiger partial charge is 0.0885 e.